The van der Waals surface area contributed by atoms with Crippen molar-refractivity contribution in [2.24, 2.45) is 0 Å². The number of thiophene rings is 1. The summed E-state index contributed by atoms with van der Waals surface area (Å²) < 4.78 is 49.0. The summed E-state index contributed by atoms with van der Waals surface area (Å²) in [6, 6.07) is 2.96. The molecule has 0 radical (unpaired) electrons. The third kappa shape index (κ3) is 4.04. The van der Waals surface area contributed by atoms with Crippen LogP contribution in [0.5, 0.6) is 0 Å². The van der Waals surface area contributed by atoms with Gasteiger partial charge in [0.25, 0.3) is 5.56 Å². The van der Waals surface area contributed by atoms with Crippen LogP contribution >= 0.6 is 22.9 Å². The van der Waals surface area contributed by atoms with Crippen molar-refractivity contribution in [2.75, 3.05) is 23.0 Å². The maximum atomic E-state index is 13.9. The van der Waals surface area contributed by atoms with Gasteiger partial charge in [-0.05, 0) is 32.4 Å². The number of ether oxygens (including phenoxy) is 1. The molecule has 0 aliphatic carbocycles. The molecule has 0 amide bonds. The van der Waals surface area contributed by atoms with Crippen LogP contribution in [0, 0.1) is 0 Å². The van der Waals surface area contributed by atoms with Gasteiger partial charge in [0.2, 0.25) is 5.95 Å². The number of alkyl halides is 3. The fourth-order valence-corrected chi connectivity index (χ4v) is 5.26. The normalized spacial score (nSPS) is 24.8. The van der Waals surface area contributed by atoms with Crippen molar-refractivity contribution in [3.05, 3.63) is 37.8 Å². The van der Waals surface area contributed by atoms with Crippen LogP contribution in [0.1, 0.15) is 25.1 Å². The van der Waals surface area contributed by atoms with E-state index in [2.05, 4.69) is 4.98 Å². The molecule has 4 heterocycles. The van der Waals surface area contributed by atoms with E-state index in [0.29, 0.717) is 28.2 Å². The zero-order valence-corrected chi connectivity index (χ0v) is 18.1. The monoisotopic (exact) mass is 462 g/mol. The van der Waals surface area contributed by atoms with E-state index in [1.54, 1.807) is 12.1 Å². The van der Waals surface area contributed by atoms with E-state index < -0.39 is 12.2 Å². The Bertz CT molecular complexity index is 969. The number of fused-ring (bicyclic) bond motifs is 1. The molecule has 1 unspecified atom stereocenters. The van der Waals surface area contributed by atoms with Crippen LogP contribution in [0.4, 0.5) is 24.9 Å². The molecule has 30 heavy (non-hydrogen) atoms. The average Bonchev–Trinajstić information content (AvgIpc) is 3.06. The SMILES string of the molecule is C[C@H]1COC[C@H](C)N1c1cc(=O)n2c(n1)N(Cc1ccc(Cl)s1)C(C(F)(F)F)CC2. The first kappa shape index (κ1) is 21.5. The molecule has 1 saturated heterocycles. The van der Waals surface area contributed by atoms with Gasteiger partial charge < -0.3 is 14.5 Å². The predicted octanol–water partition coefficient (Wildman–Crippen LogP) is 3.91. The molecule has 2 aliphatic rings. The first-order valence-corrected chi connectivity index (χ1v) is 10.9. The molecule has 0 aromatic carbocycles. The van der Waals surface area contributed by atoms with E-state index in [4.69, 9.17) is 16.3 Å². The Kier molecular flexibility index (Phi) is 5.75. The molecule has 0 spiro atoms. The minimum Gasteiger partial charge on any atom is -0.377 e. The Hall–Kier alpha value is -1.78. The van der Waals surface area contributed by atoms with Crippen LogP contribution in [0.15, 0.2) is 23.0 Å². The van der Waals surface area contributed by atoms with Gasteiger partial charge in [-0.1, -0.05) is 11.6 Å². The molecular formula is C19H22ClF3N4O2S. The van der Waals surface area contributed by atoms with Crippen molar-refractivity contribution < 1.29 is 17.9 Å². The molecule has 1 fully saturated rings. The number of hydrogen-bond acceptors (Lipinski definition) is 6. The summed E-state index contributed by atoms with van der Waals surface area (Å²) in [6.45, 7) is 4.77. The van der Waals surface area contributed by atoms with Gasteiger partial charge in [0.1, 0.15) is 11.9 Å². The van der Waals surface area contributed by atoms with E-state index >= 15 is 0 Å². The molecule has 0 saturated carbocycles. The summed E-state index contributed by atoms with van der Waals surface area (Å²) in [5.74, 6) is 0.424. The number of halogens is 4. The second-order valence-corrected chi connectivity index (χ2v) is 9.53. The van der Waals surface area contributed by atoms with E-state index in [1.165, 1.54) is 26.9 Å². The van der Waals surface area contributed by atoms with Gasteiger partial charge in [-0.25, -0.2) is 0 Å². The van der Waals surface area contributed by atoms with Gasteiger partial charge in [0.15, 0.2) is 0 Å². The number of anilines is 2. The molecule has 2 aromatic rings. The van der Waals surface area contributed by atoms with Crippen molar-refractivity contribution in [1.29, 1.82) is 0 Å². The number of hydrogen-bond donors (Lipinski definition) is 0. The predicted molar refractivity (Wildman–Crippen MR) is 111 cm³/mol. The van der Waals surface area contributed by atoms with Crippen LogP contribution in [0.2, 0.25) is 4.34 Å². The third-order valence-corrected chi connectivity index (χ3v) is 6.71. The lowest BCUT2D eigenvalue weighted by Crippen LogP contribution is -2.53. The third-order valence-electron chi connectivity index (χ3n) is 5.50. The zero-order chi connectivity index (χ0) is 21.6. The minimum atomic E-state index is -4.44. The largest absolute Gasteiger partial charge is 0.408 e. The fourth-order valence-electron chi connectivity index (χ4n) is 4.17. The number of nitrogens with zero attached hydrogens (tertiary/aromatic N) is 4. The quantitative estimate of drug-likeness (QED) is 0.692. The molecule has 3 atom stereocenters. The van der Waals surface area contributed by atoms with Crippen molar-refractivity contribution in [2.45, 2.75) is 57.7 Å². The Morgan fingerprint density at radius 3 is 2.57 bits per heavy atom. The highest BCUT2D eigenvalue weighted by atomic mass is 35.5. The van der Waals surface area contributed by atoms with E-state index in [0.717, 1.165) is 0 Å². The van der Waals surface area contributed by atoms with Crippen LogP contribution in [0.3, 0.4) is 0 Å². The lowest BCUT2D eigenvalue weighted by atomic mass is 10.1. The molecule has 11 heteroatoms. The molecular weight excluding hydrogens is 441 g/mol. The molecule has 4 rings (SSSR count). The average molecular weight is 463 g/mol. The standard InChI is InChI=1S/C19H22ClF3N4O2S/c1-11-9-29-10-12(2)27(11)16-7-17(28)25-6-5-14(19(21,22)23)26(18(25)24-16)8-13-3-4-15(20)30-13/h3-4,7,11-12,14H,5-6,8-10H2,1-2H3/t11-,12-,14?/m0/s1. The molecule has 2 aliphatic heterocycles. The topological polar surface area (TPSA) is 50.6 Å². The number of aromatic nitrogens is 2. The van der Waals surface area contributed by atoms with Crippen molar-refractivity contribution in [3.63, 3.8) is 0 Å². The molecule has 0 N–H and O–H groups in total. The summed E-state index contributed by atoms with van der Waals surface area (Å²) >= 11 is 7.20. The summed E-state index contributed by atoms with van der Waals surface area (Å²) in [5, 5.41) is 0. The molecule has 2 aromatic heterocycles. The van der Waals surface area contributed by atoms with Crippen LogP contribution in [-0.4, -0.2) is 47.1 Å². The second kappa shape index (κ2) is 8.05. The lowest BCUT2D eigenvalue weighted by molar-refractivity contribution is -0.153. The summed E-state index contributed by atoms with van der Waals surface area (Å²) in [6.07, 6.45) is -4.65. The highest BCUT2D eigenvalue weighted by Crippen LogP contribution is 2.37. The zero-order valence-electron chi connectivity index (χ0n) is 16.5. The maximum absolute atomic E-state index is 13.9. The molecule has 6 nitrogen and oxygen atoms in total. The van der Waals surface area contributed by atoms with Crippen molar-refractivity contribution in [3.8, 4) is 0 Å². The van der Waals surface area contributed by atoms with Crippen LogP contribution in [0.25, 0.3) is 0 Å². The van der Waals surface area contributed by atoms with E-state index in [-0.39, 0.29) is 43.1 Å². The number of rotatable bonds is 3. The number of morpholine rings is 1. The molecule has 0 bridgehead atoms. The van der Waals surface area contributed by atoms with E-state index in [1.807, 2.05) is 18.7 Å². The van der Waals surface area contributed by atoms with Gasteiger partial charge in [-0.3, -0.25) is 9.36 Å². The first-order chi connectivity index (χ1) is 14.1. The van der Waals surface area contributed by atoms with Crippen LogP contribution in [-0.2, 0) is 17.8 Å². The minimum absolute atomic E-state index is 0.0221. The highest BCUT2D eigenvalue weighted by Gasteiger charge is 2.47. The van der Waals surface area contributed by atoms with Crippen molar-refractivity contribution >= 4 is 34.7 Å². The van der Waals surface area contributed by atoms with Gasteiger partial charge >= 0.3 is 6.18 Å². The highest BCUT2D eigenvalue weighted by molar-refractivity contribution is 7.16. The van der Waals surface area contributed by atoms with Gasteiger partial charge in [0.05, 0.1) is 36.2 Å². The lowest BCUT2D eigenvalue weighted by Gasteiger charge is -2.42. The Balaban J connectivity index is 1.80. The first-order valence-electron chi connectivity index (χ1n) is 9.70. The van der Waals surface area contributed by atoms with E-state index in [9.17, 15) is 18.0 Å². The van der Waals surface area contributed by atoms with Gasteiger partial charge in [0, 0.05) is 17.5 Å². The Morgan fingerprint density at radius 1 is 1.27 bits per heavy atom. The molecule has 164 valence electrons. The van der Waals surface area contributed by atoms with Gasteiger partial charge in [-0.15, -0.1) is 11.3 Å². The van der Waals surface area contributed by atoms with Crippen molar-refractivity contribution in [1.82, 2.24) is 9.55 Å². The maximum Gasteiger partial charge on any atom is 0.408 e. The van der Waals surface area contributed by atoms with Gasteiger partial charge in [-0.2, -0.15) is 18.2 Å². The Morgan fingerprint density at radius 2 is 1.97 bits per heavy atom. The fraction of sp³-hybridized carbons (Fsp3) is 0.579. The second-order valence-electron chi connectivity index (χ2n) is 7.73. The van der Waals surface area contributed by atoms with Crippen LogP contribution < -0.4 is 15.4 Å². The summed E-state index contributed by atoms with van der Waals surface area (Å²) in [7, 11) is 0. The Labute approximate surface area is 180 Å². The summed E-state index contributed by atoms with van der Waals surface area (Å²) in [5.41, 5.74) is -0.351. The summed E-state index contributed by atoms with van der Waals surface area (Å²) in [4.78, 5) is 21.2. The smallest absolute Gasteiger partial charge is 0.377 e.